The fourth-order valence-corrected chi connectivity index (χ4v) is 2.96. The summed E-state index contributed by atoms with van der Waals surface area (Å²) in [5.41, 5.74) is 0. The fraction of sp³-hybridized carbons (Fsp3) is 0.400. The number of halogens is 1. The van der Waals surface area contributed by atoms with Crippen LogP contribution in [0.3, 0.4) is 0 Å². The second-order valence-electron chi connectivity index (χ2n) is 3.80. The van der Waals surface area contributed by atoms with Crippen LogP contribution in [-0.4, -0.2) is 14.8 Å². The van der Waals surface area contributed by atoms with E-state index in [1.807, 2.05) is 11.4 Å². The summed E-state index contributed by atoms with van der Waals surface area (Å²) in [5, 5.41) is 10.2. The summed E-state index contributed by atoms with van der Waals surface area (Å²) in [6.07, 6.45) is 1.79. The molecular weight excluding hydrogens is 274 g/mol. The van der Waals surface area contributed by atoms with Crippen LogP contribution in [0.5, 0.6) is 0 Å². The van der Waals surface area contributed by atoms with E-state index in [-0.39, 0.29) is 0 Å². The lowest BCUT2D eigenvalue weighted by atomic mass is 10.2. The quantitative estimate of drug-likeness (QED) is 0.865. The minimum Gasteiger partial charge on any atom is -0.313 e. The van der Waals surface area contributed by atoms with Crippen LogP contribution < -0.4 is 0 Å². The second kappa shape index (κ2) is 4.45. The molecule has 5 heteroatoms. The molecule has 0 radical (unpaired) electrons. The molecule has 3 nitrogen and oxygen atoms in total. The maximum atomic E-state index is 4.17. The van der Waals surface area contributed by atoms with E-state index in [4.69, 9.17) is 0 Å². The highest BCUT2D eigenvalue weighted by molar-refractivity contribution is 9.10. The third-order valence-corrected chi connectivity index (χ3v) is 3.83. The van der Waals surface area contributed by atoms with Crippen LogP contribution in [0.1, 0.15) is 13.8 Å². The van der Waals surface area contributed by atoms with Gasteiger partial charge in [0.2, 0.25) is 0 Å². The van der Waals surface area contributed by atoms with Gasteiger partial charge in [-0.25, -0.2) is 0 Å². The van der Waals surface area contributed by atoms with Crippen molar-refractivity contribution in [2.75, 3.05) is 0 Å². The number of nitrogens with zero attached hydrogens (tertiary/aromatic N) is 3. The zero-order valence-corrected chi connectivity index (χ0v) is 11.0. The van der Waals surface area contributed by atoms with Gasteiger partial charge in [-0.15, -0.1) is 21.5 Å². The molecule has 80 valence electrons. The van der Waals surface area contributed by atoms with E-state index in [1.54, 1.807) is 17.7 Å². The van der Waals surface area contributed by atoms with E-state index in [0.717, 1.165) is 21.7 Å². The van der Waals surface area contributed by atoms with E-state index in [1.165, 1.54) is 0 Å². The maximum absolute atomic E-state index is 4.17. The Hall–Kier alpha value is -0.680. The summed E-state index contributed by atoms with van der Waals surface area (Å²) in [4.78, 5) is 1.15. The minimum absolute atomic E-state index is 0.596. The minimum atomic E-state index is 0.596. The zero-order chi connectivity index (χ0) is 10.8. The number of rotatable bonds is 3. The topological polar surface area (TPSA) is 30.7 Å². The van der Waals surface area contributed by atoms with Crippen molar-refractivity contribution in [2.45, 2.75) is 20.4 Å². The summed E-state index contributed by atoms with van der Waals surface area (Å²) in [5.74, 6) is 1.55. The van der Waals surface area contributed by atoms with Gasteiger partial charge >= 0.3 is 0 Å². The molecule has 0 fully saturated rings. The lowest BCUT2D eigenvalue weighted by Crippen LogP contribution is -2.04. The van der Waals surface area contributed by atoms with Crippen molar-refractivity contribution in [2.24, 2.45) is 5.92 Å². The van der Waals surface area contributed by atoms with Gasteiger partial charge in [0.05, 0.1) is 4.88 Å². The largest absolute Gasteiger partial charge is 0.313 e. The van der Waals surface area contributed by atoms with Crippen molar-refractivity contribution in [3.63, 3.8) is 0 Å². The van der Waals surface area contributed by atoms with E-state index in [2.05, 4.69) is 44.5 Å². The zero-order valence-electron chi connectivity index (χ0n) is 8.64. The van der Waals surface area contributed by atoms with Crippen LogP contribution in [-0.2, 0) is 6.54 Å². The fourth-order valence-electron chi connectivity index (χ4n) is 1.41. The highest BCUT2D eigenvalue weighted by Crippen LogP contribution is 2.32. The molecule has 0 bridgehead atoms. The van der Waals surface area contributed by atoms with Crippen molar-refractivity contribution in [1.29, 1.82) is 0 Å². The highest BCUT2D eigenvalue weighted by atomic mass is 79.9. The van der Waals surface area contributed by atoms with Crippen molar-refractivity contribution in [3.05, 3.63) is 22.2 Å². The molecule has 2 aromatic rings. The molecule has 2 rings (SSSR count). The number of thiophene rings is 1. The summed E-state index contributed by atoms with van der Waals surface area (Å²) in [7, 11) is 0. The van der Waals surface area contributed by atoms with Crippen LogP contribution in [0.15, 0.2) is 22.2 Å². The van der Waals surface area contributed by atoms with Crippen LogP contribution in [0.2, 0.25) is 0 Å². The molecule has 0 aliphatic carbocycles. The summed E-state index contributed by atoms with van der Waals surface area (Å²) in [6.45, 7) is 5.33. The smallest absolute Gasteiger partial charge is 0.175 e. The third-order valence-electron chi connectivity index (χ3n) is 2.00. The van der Waals surface area contributed by atoms with Gasteiger partial charge in [0, 0.05) is 11.0 Å². The number of hydrogen-bond donors (Lipinski definition) is 0. The first-order chi connectivity index (χ1) is 7.18. The van der Waals surface area contributed by atoms with Crippen LogP contribution >= 0.6 is 27.3 Å². The van der Waals surface area contributed by atoms with Crippen molar-refractivity contribution < 1.29 is 0 Å². The monoisotopic (exact) mass is 285 g/mol. The SMILES string of the molecule is CC(C)Cn1cnnc1-c1sccc1Br. The molecule has 15 heavy (non-hydrogen) atoms. The molecule has 0 spiro atoms. The molecular formula is C10H12BrN3S. The normalized spacial score (nSPS) is 11.2. The standard InChI is InChI=1S/C10H12BrN3S/c1-7(2)5-14-6-12-13-10(14)9-8(11)3-4-15-9/h3-4,6-7H,5H2,1-2H3. The maximum Gasteiger partial charge on any atom is 0.175 e. The van der Waals surface area contributed by atoms with Crippen LogP contribution in [0, 0.1) is 5.92 Å². The van der Waals surface area contributed by atoms with Gasteiger partial charge in [0.1, 0.15) is 6.33 Å². The predicted octanol–water partition coefficient (Wildman–Crippen LogP) is 3.43. The Morgan fingerprint density at radius 2 is 2.33 bits per heavy atom. The second-order valence-corrected chi connectivity index (χ2v) is 5.57. The van der Waals surface area contributed by atoms with Crippen molar-refractivity contribution in [3.8, 4) is 10.7 Å². The molecule has 2 aromatic heterocycles. The summed E-state index contributed by atoms with van der Waals surface area (Å²) < 4.78 is 3.19. The van der Waals surface area contributed by atoms with Crippen LogP contribution in [0.4, 0.5) is 0 Å². The van der Waals surface area contributed by atoms with Gasteiger partial charge in [-0.2, -0.15) is 0 Å². The Morgan fingerprint density at radius 3 is 2.93 bits per heavy atom. The summed E-state index contributed by atoms with van der Waals surface area (Å²) in [6, 6.07) is 2.04. The Morgan fingerprint density at radius 1 is 1.53 bits per heavy atom. The van der Waals surface area contributed by atoms with Crippen molar-refractivity contribution >= 4 is 27.3 Å². The van der Waals surface area contributed by atoms with Gasteiger partial charge in [-0.3, -0.25) is 0 Å². The first-order valence-electron chi connectivity index (χ1n) is 4.79. The van der Waals surface area contributed by atoms with Gasteiger partial charge < -0.3 is 4.57 Å². The first-order valence-corrected chi connectivity index (χ1v) is 6.47. The first kappa shape index (κ1) is 10.8. The van der Waals surface area contributed by atoms with Crippen molar-refractivity contribution in [1.82, 2.24) is 14.8 Å². The average molecular weight is 286 g/mol. The molecule has 0 atom stereocenters. The van der Waals surface area contributed by atoms with Gasteiger partial charge in [0.25, 0.3) is 0 Å². The third kappa shape index (κ3) is 2.29. The lowest BCUT2D eigenvalue weighted by Gasteiger charge is -2.07. The number of hydrogen-bond acceptors (Lipinski definition) is 3. The Kier molecular flexibility index (Phi) is 3.21. The molecule has 0 aliphatic heterocycles. The van der Waals surface area contributed by atoms with Crippen LogP contribution in [0.25, 0.3) is 10.7 Å². The molecule has 0 amide bonds. The molecule has 2 heterocycles. The van der Waals surface area contributed by atoms with E-state index in [9.17, 15) is 0 Å². The molecule has 0 N–H and O–H groups in total. The average Bonchev–Trinajstić information content (AvgIpc) is 2.73. The van der Waals surface area contributed by atoms with E-state index < -0.39 is 0 Å². The molecule has 0 aliphatic rings. The molecule has 0 unspecified atom stereocenters. The number of aromatic nitrogens is 3. The van der Waals surface area contributed by atoms with Gasteiger partial charge in [-0.05, 0) is 33.3 Å². The Labute approximate surface area is 101 Å². The van der Waals surface area contributed by atoms with Gasteiger partial charge in [0.15, 0.2) is 5.82 Å². The summed E-state index contributed by atoms with van der Waals surface area (Å²) >= 11 is 5.20. The molecule has 0 saturated carbocycles. The lowest BCUT2D eigenvalue weighted by molar-refractivity contribution is 0.525. The van der Waals surface area contributed by atoms with Gasteiger partial charge in [-0.1, -0.05) is 13.8 Å². The Balaban J connectivity index is 2.37. The molecule has 0 saturated heterocycles. The van der Waals surface area contributed by atoms with E-state index >= 15 is 0 Å². The Bertz CT molecular complexity index is 447. The van der Waals surface area contributed by atoms with E-state index in [0.29, 0.717) is 5.92 Å². The highest BCUT2D eigenvalue weighted by Gasteiger charge is 2.12. The predicted molar refractivity (Wildman–Crippen MR) is 65.9 cm³/mol. The molecule has 0 aromatic carbocycles.